The summed E-state index contributed by atoms with van der Waals surface area (Å²) in [5.74, 6) is -1.31. The lowest BCUT2D eigenvalue weighted by Crippen LogP contribution is -2.43. The Kier molecular flexibility index (Phi) is 5.72. The lowest BCUT2D eigenvalue weighted by atomic mass is 9.77. The van der Waals surface area contributed by atoms with E-state index in [1.54, 1.807) is 0 Å². The molecule has 2 atom stereocenters. The Morgan fingerprint density at radius 3 is 2.07 bits per heavy atom. The topological polar surface area (TPSA) is 61.8 Å². The molecule has 0 spiro atoms. The summed E-state index contributed by atoms with van der Waals surface area (Å²) in [4.78, 5) is 25.4. The SMILES string of the molecule is COC(=O)C1(C(=O)OC)CC(/C=C/c2ccccc2)OC1c1ccccc1. The highest BCUT2D eigenvalue weighted by atomic mass is 16.6. The standard InChI is InChI=1S/C22H22O5/c1-25-20(23)22(21(24)26-2)15-18(14-13-16-9-5-3-6-10-16)27-19(22)17-11-7-4-8-12-17/h3-14,18-19H,15H2,1-2H3/b14-13+. The molecule has 0 bridgehead atoms. The van der Waals surface area contributed by atoms with Gasteiger partial charge in [-0.25, -0.2) is 0 Å². The molecular weight excluding hydrogens is 344 g/mol. The highest BCUT2D eigenvalue weighted by Crippen LogP contribution is 2.50. The molecule has 0 N–H and O–H groups in total. The van der Waals surface area contributed by atoms with Crippen LogP contribution in [0, 0.1) is 5.41 Å². The minimum absolute atomic E-state index is 0.148. The number of hydrogen-bond donors (Lipinski definition) is 0. The van der Waals surface area contributed by atoms with Gasteiger partial charge < -0.3 is 14.2 Å². The fourth-order valence-corrected chi connectivity index (χ4v) is 3.48. The summed E-state index contributed by atoms with van der Waals surface area (Å²) in [5.41, 5.74) is 0.186. The van der Waals surface area contributed by atoms with Crippen molar-refractivity contribution in [2.24, 2.45) is 5.41 Å². The molecule has 1 aliphatic heterocycles. The Labute approximate surface area is 158 Å². The monoisotopic (exact) mass is 366 g/mol. The molecule has 0 amide bonds. The molecule has 0 aliphatic carbocycles. The van der Waals surface area contributed by atoms with Gasteiger partial charge in [0.1, 0.15) is 6.10 Å². The number of benzene rings is 2. The van der Waals surface area contributed by atoms with E-state index in [9.17, 15) is 9.59 Å². The number of carbonyl (C=O) groups excluding carboxylic acids is 2. The van der Waals surface area contributed by atoms with E-state index < -0.39 is 29.6 Å². The first-order valence-corrected chi connectivity index (χ1v) is 8.72. The van der Waals surface area contributed by atoms with Crippen molar-refractivity contribution >= 4 is 18.0 Å². The van der Waals surface area contributed by atoms with Gasteiger partial charge in [-0.15, -0.1) is 0 Å². The van der Waals surface area contributed by atoms with Crippen LogP contribution in [0.4, 0.5) is 0 Å². The van der Waals surface area contributed by atoms with E-state index in [2.05, 4.69) is 0 Å². The van der Waals surface area contributed by atoms with Crippen molar-refractivity contribution in [3.8, 4) is 0 Å². The third-order valence-corrected chi connectivity index (χ3v) is 4.79. The molecule has 5 nitrogen and oxygen atoms in total. The van der Waals surface area contributed by atoms with E-state index in [-0.39, 0.29) is 6.42 Å². The second kappa shape index (κ2) is 8.18. The van der Waals surface area contributed by atoms with Gasteiger partial charge in [0.05, 0.1) is 20.3 Å². The number of carbonyl (C=O) groups is 2. The Hall–Kier alpha value is -2.92. The Morgan fingerprint density at radius 2 is 1.52 bits per heavy atom. The fraction of sp³-hybridized carbons (Fsp3) is 0.273. The molecule has 0 aromatic heterocycles. The highest BCUT2D eigenvalue weighted by Gasteiger charge is 2.61. The average Bonchev–Trinajstić information content (AvgIpc) is 3.13. The van der Waals surface area contributed by atoms with E-state index in [4.69, 9.17) is 14.2 Å². The van der Waals surface area contributed by atoms with Gasteiger partial charge in [0.15, 0.2) is 5.41 Å². The highest BCUT2D eigenvalue weighted by molar-refractivity contribution is 6.01. The number of hydrogen-bond acceptors (Lipinski definition) is 5. The van der Waals surface area contributed by atoms with Crippen molar-refractivity contribution in [3.05, 3.63) is 77.9 Å². The van der Waals surface area contributed by atoms with E-state index in [1.165, 1.54) is 14.2 Å². The number of ether oxygens (including phenoxy) is 3. The zero-order chi connectivity index (χ0) is 19.3. The van der Waals surface area contributed by atoms with Gasteiger partial charge in [-0.3, -0.25) is 9.59 Å². The van der Waals surface area contributed by atoms with Gasteiger partial charge in [-0.05, 0) is 11.1 Å². The average molecular weight is 366 g/mol. The first kappa shape index (κ1) is 18.9. The minimum Gasteiger partial charge on any atom is -0.468 e. The van der Waals surface area contributed by atoms with Crippen molar-refractivity contribution in [2.75, 3.05) is 14.2 Å². The van der Waals surface area contributed by atoms with Crippen LogP contribution in [0.1, 0.15) is 23.7 Å². The largest absolute Gasteiger partial charge is 0.468 e. The molecule has 2 unspecified atom stereocenters. The first-order chi connectivity index (χ1) is 13.1. The zero-order valence-corrected chi connectivity index (χ0v) is 15.3. The predicted molar refractivity (Wildman–Crippen MR) is 101 cm³/mol. The van der Waals surface area contributed by atoms with Crippen LogP contribution >= 0.6 is 0 Å². The Bertz CT molecular complexity index is 797. The van der Waals surface area contributed by atoms with Crippen LogP contribution in [0.15, 0.2) is 66.7 Å². The number of rotatable bonds is 5. The molecule has 2 aromatic rings. The maximum absolute atomic E-state index is 12.7. The molecule has 0 radical (unpaired) electrons. The van der Waals surface area contributed by atoms with Gasteiger partial charge >= 0.3 is 11.9 Å². The van der Waals surface area contributed by atoms with E-state index in [1.807, 2.05) is 72.8 Å². The van der Waals surface area contributed by atoms with Gasteiger partial charge in [-0.1, -0.05) is 72.8 Å². The smallest absolute Gasteiger partial charge is 0.326 e. The predicted octanol–water partition coefficient (Wildman–Crippen LogP) is 3.56. The number of methoxy groups -OCH3 is 2. The summed E-state index contributed by atoms with van der Waals surface area (Å²) in [7, 11) is 2.53. The van der Waals surface area contributed by atoms with Crippen molar-refractivity contribution in [1.82, 2.24) is 0 Å². The normalized spacial score (nSPS) is 21.1. The summed E-state index contributed by atoms with van der Waals surface area (Å²) >= 11 is 0. The summed E-state index contributed by atoms with van der Waals surface area (Å²) in [5, 5.41) is 0. The minimum atomic E-state index is -1.55. The van der Waals surface area contributed by atoms with Gasteiger partial charge in [0.25, 0.3) is 0 Å². The molecule has 3 rings (SSSR count). The quantitative estimate of drug-likeness (QED) is 0.598. The van der Waals surface area contributed by atoms with Crippen LogP contribution in [0.2, 0.25) is 0 Å². The Morgan fingerprint density at radius 1 is 0.963 bits per heavy atom. The van der Waals surface area contributed by atoms with E-state index >= 15 is 0 Å². The first-order valence-electron chi connectivity index (χ1n) is 8.72. The third kappa shape index (κ3) is 3.64. The molecule has 0 saturated carbocycles. The number of esters is 2. The van der Waals surface area contributed by atoms with Crippen molar-refractivity contribution < 1.29 is 23.8 Å². The lowest BCUT2D eigenvalue weighted by Gasteiger charge is -2.28. The molecular formula is C22H22O5. The summed E-state index contributed by atoms with van der Waals surface area (Å²) in [6, 6.07) is 18.9. The fourth-order valence-electron chi connectivity index (χ4n) is 3.48. The van der Waals surface area contributed by atoms with E-state index in [0.29, 0.717) is 0 Å². The van der Waals surface area contributed by atoms with Crippen LogP contribution in [0.3, 0.4) is 0 Å². The zero-order valence-electron chi connectivity index (χ0n) is 15.3. The summed E-state index contributed by atoms with van der Waals surface area (Å²) in [6.45, 7) is 0. The third-order valence-electron chi connectivity index (χ3n) is 4.79. The maximum atomic E-state index is 12.7. The molecule has 1 heterocycles. The summed E-state index contributed by atoms with van der Waals surface area (Å²) < 4.78 is 16.1. The van der Waals surface area contributed by atoms with Crippen LogP contribution in [-0.2, 0) is 23.8 Å². The Balaban J connectivity index is 1.99. The lowest BCUT2D eigenvalue weighted by molar-refractivity contribution is -0.173. The molecule has 2 aromatic carbocycles. The van der Waals surface area contributed by atoms with Crippen LogP contribution in [0.5, 0.6) is 0 Å². The van der Waals surface area contributed by atoms with E-state index in [0.717, 1.165) is 11.1 Å². The molecule has 27 heavy (non-hydrogen) atoms. The van der Waals surface area contributed by atoms with Crippen LogP contribution < -0.4 is 0 Å². The van der Waals surface area contributed by atoms with Gasteiger partial charge in [0.2, 0.25) is 0 Å². The van der Waals surface area contributed by atoms with Crippen molar-refractivity contribution in [2.45, 2.75) is 18.6 Å². The van der Waals surface area contributed by atoms with Crippen molar-refractivity contribution in [1.29, 1.82) is 0 Å². The summed E-state index contributed by atoms with van der Waals surface area (Å²) in [6.07, 6.45) is 2.70. The second-order valence-electron chi connectivity index (χ2n) is 6.39. The molecule has 1 fully saturated rings. The molecule has 140 valence electrons. The molecule has 1 aliphatic rings. The second-order valence-corrected chi connectivity index (χ2v) is 6.39. The van der Waals surface area contributed by atoms with Gasteiger partial charge in [0, 0.05) is 6.42 Å². The van der Waals surface area contributed by atoms with Crippen LogP contribution in [0.25, 0.3) is 6.08 Å². The van der Waals surface area contributed by atoms with Gasteiger partial charge in [-0.2, -0.15) is 0 Å². The molecule has 1 saturated heterocycles. The van der Waals surface area contributed by atoms with Crippen LogP contribution in [-0.4, -0.2) is 32.3 Å². The maximum Gasteiger partial charge on any atom is 0.326 e. The molecule has 5 heteroatoms. The van der Waals surface area contributed by atoms with Crippen molar-refractivity contribution in [3.63, 3.8) is 0 Å².